The number of rotatable bonds is 5. The highest BCUT2D eigenvalue weighted by Gasteiger charge is 2.26. The van der Waals surface area contributed by atoms with E-state index in [2.05, 4.69) is 15.6 Å². The predicted octanol–water partition coefficient (Wildman–Crippen LogP) is 5.25. The smallest absolute Gasteiger partial charge is 0.262 e. The lowest BCUT2D eigenvalue weighted by Gasteiger charge is -2.10. The molecule has 1 N–H and O–H groups in total. The van der Waals surface area contributed by atoms with E-state index < -0.39 is 11.7 Å². The lowest BCUT2D eigenvalue weighted by molar-refractivity contribution is 0.102. The average Bonchev–Trinajstić information content (AvgIpc) is 3.30. The average molecular weight is 425 g/mol. The van der Waals surface area contributed by atoms with Gasteiger partial charge in [-0.2, -0.15) is 5.10 Å². The molecule has 0 aliphatic rings. The van der Waals surface area contributed by atoms with Gasteiger partial charge in [-0.3, -0.25) is 4.79 Å². The fraction of sp³-hybridized carbons (Fsp3) is 0.136. The van der Waals surface area contributed by atoms with Crippen LogP contribution in [0.4, 0.5) is 10.2 Å². The fourth-order valence-electron chi connectivity index (χ4n) is 3.14. The number of amides is 1. The summed E-state index contributed by atoms with van der Waals surface area (Å²) in [4.78, 5) is 13.0. The molecule has 0 spiro atoms. The Balaban J connectivity index is 1.63. The van der Waals surface area contributed by atoms with Crippen molar-refractivity contribution in [3.63, 3.8) is 0 Å². The molecule has 0 aliphatic carbocycles. The number of hydrogen-bond acceptors (Lipinski definition) is 4. The highest BCUT2D eigenvalue weighted by Crippen LogP contribution is 2.33. The Morgan fingerprint density at radius 1 is 1.17 bits per heavy atom. The van der Waals surface area contributed by atoms with E-state index in [0.717, 1.165) is 11.1 Å². The third-order valence-electron chi connectivity index (χ3n) is 4.70. The second-order valence-electron chi connectivity index (χ2n) is 6.87. The van der Waals surface area contributed by atoms with Crippen LogP contribution in [0.1, 0.15) is 27.2 Å². The van der Waals surface area contributed by atoms with Gasteiger partial charge in [-0.25, -0.2) is 9.07 Å². The zero-order valence-corrected chi connectivity index (χ0v) is 17.1. The van der Waals surface area contributed by atoms with Crippen molar-refractivity contribution in [1.29, 1.82) is 0 Å². The fourth-order valence-corrected chi connectivity index (χ4v) is 3.40. The third-order valence-corrected chi connectivity index (χ3v) is 5.02. The first kappa shape index (κ1) is 19.8. The van der Waals surface area contributed by atoms with Crippen molar-refractivity contribution in [2.24, 2.45) is 0 Å². The first-order valence-electron chi connectivity index (χ1n) is 9.23. The summed E-state index contributed by atoms with van der Waals surface area (Å²) < 4.78 is 21.2. The first-order chi connectivity index (χ1) is 14.4. The van der Waals surface area contributed by atoms with Crippen LogP contribution in [0, 0.1) is 19.7 Å². The summed E-state index contributed by atoms with van der Waals surface area (Å²) in [5, 5.41) is 11.1. The summed E-state index contributed by atoms with van der Waals surface area (Å²) >= 11 is 6.15. The molecule has 6 nitrogen and oxygen atoms in total. The molecule has 4 rings (SSSR count). The van der Waals surface area contributed by atoms with Crippen molar-refractivity contribution in [3.8, 4) is 11.3 Å². The number of benzene rings is 2. The Bertz CT molecular complexity index is 1190. The van der Waals surface area contributed by atoms with E-state index in [0.29, 0.717) is 12.4 Å². The minimum atomic E-state index is -0.589. The highest BCUT2D eigenvalue weighted by molar-refractivity contribution is 6.33. The van der Waals surface area contributed by atoms with E-state index in [4.69, 9.17) is 16.1 Å². The maximum absolute atomic E-state index is 14.4. The minimum absolute atomic E-state index is 0.0225. The number of carbonyl (C=O) groups is 1. The molecule has 0 saturated heterocycles. The van der Waals surface area contributed by atoms with E-state index in [1.807, 2.05) is 31.2 Å². The van der Waals surface area contributed by atoms with Gasteiger partial charge in [-0.1, -0.05) is 52.7 Å². The number of halogens is 2. The number of aromatic nitrogens is 3. The van der Waals surface area contributed by atoms with Crippen LogP contribution in [0.5, 0.6) is 0 Å². The van der Waals surface area contributed by atoms with E-state index in [1.165, 1.54) is 18.2 Å². The van der Waals surface area contributed by atoms with Gasteiger partial charge >= 0.3 is 0 Å². The van der Waals surface area contributed by atoms with Gasteiger partial charge in [0.25, 0.3) is 5.91 Å². The second-order valence-corrected chi connectivity index (χ2v) is 7.28. The predicted molar refractivity (Wildman–Crippen MR) is 112 cm³/mol. The lowest BCUT2D eigenvalue weighted by atomic mass is 10.0. The van der Waals surface area contributed by atoms with Crippen LogP contribution < -0.4 is 5.32 Å². The van der Waals surface area contributed by atoms with Crippen LogP contribution >= 0.6 is 11.6 Å². The molecule has 1 amide bonds. The summed E-state index contributed by atoms with van der Waals surface area (Å²) in [5.74, 6) is -0.332. The topological polar surface area (TPSA) is 73.0 Å². The summed E-state index contributed by atoms with van der Waals surface area (Å²) in [7, 11) is 0. The lowest BCUT2D eigenvalue weighted by Crippen LogP contribution is -2.17. The summed E-state index contributed by atoms with van der Waals surface area (Å²) in [6.45, 7) is 4.09. The molecule has 0 atom stereocenters. The number of aryl methyl sites for hydroxylation is 2. The molecular weight excluding hydrogens is 407 g/mol. The zero-order valence-electron chi connectivity index (χ0n) is 16.3. The summed E-state index contributed by atoms with van der Waals surface area (Å²) in [5.41, 5.74) is 2.40. The largest absolute Gasteiger partial charge is 0.360 e. The molecule has 0 fully saturated rings. The number of nitrogens with zero attached hydrogens (tertiary/aromatic N) is 3. The number of hydrogen-bond donors (Lipinski definition) is 1. The minimum Gasteiger partial charge on any atom is -0.360 e. The van der Waals surface area contributed by atoms with Crippen LogP contribution in [0.15, 0.2) is 59.3 Å². The van der Waals surface area contributed by atoms with Gasteiger partial charge < -0.3 is 9.84 Å². The monoisotopic (exact) mass is 424 g/mol. The van der Waals surface area contributed by atoms with E-state index in [9.17, 15) is 9.18 Å². The van der Waals surface area contributed by atoms with Gasteiger partial charge in [0.15, 0.2) is 0 Å². The molecule has 0 unspecified atom stereocenters. The summed E-state index contributed by atoms with van der Waals surface area (Å²) in [6.07, 6.45) is 1.60. The van der Waals surface area contributed by atoms with E-state index >= 15 is 0 Å². The molecule has 4 aromatic rings. The van der Waals surface area contributed by atoms with Gasteiger partial charge in [0.05, 0.1) is 23.3 Å². The van der Waals surface area contributed by atoms with Gasteiger partial charge in [0, 0.05) is 6.07 Å². The molecule has 8 heteroatoms. The molecular formula is C22H18ClFN4O2. The van der Waals surface area contributed by atoms with Crippen molar-refractivity contribution < 1.29 is 13.7 Å². The Kier molecular flexibility index (Phi) is 5.37. The summed E-state index contributed by atoms with van der Waals surface area (Å²) in [6, 6.07) is 14.0. The molecule has 0 bridgehead atoms. The Morgan fingerprint density at radius 3 is 2.67 bits per heavy atom. The Hall–Kier alpha value is -3.45. The van der Waals surface area contributed by atoms with Crippen LogP contribution in [0.2, 0.25) is 5.02 Å². The van der Waals surface area contributed by atoms with Gasteiger partial charge in [-0.05, 0) is 31.5 Å². The number of carbonyl (C=O) groups excluding carboxylic acids is 1. The first-order valence-corrected chi connectivity index (χ1v) is 9.61. The van der Waals surface area contributed by atoms with Gasteiger partial charge in [0.2, 0.25) is 0 Å². The number of anilines is 1. The highest BCUT2D eigenvalue weighted by atomic mass is 35.5. The maximum Gasteiger partial charge on any atom is 0.262 e. The second kappa shape index (κ2) is 8.12. The Morgan fingerprint density at radius 2 is 1.93 bits per heavy atom. The molecule has 2 heterocycles. The van der Waals surface area contributed by atoms with Crippen LogP contribution in [-0.2, 0) is 6.54 Å². The normalized spacial score (nSPS) is 10.9. The molecule has 152 valence electrons. The van der Waals surface area contributed by atoms with Crippen LogP contribution in [0.25, 0.3) is 11.3 Å². The Labute approximate surface area is 177 Å². The standard InChI is InChI=1S/C22H18ClFN4O2/c1-13-6-8-15(9-7-13)12-28-18(10-11-25-28)26-22(29)19-14(2)30-27-21(19)20-16(23)4-3-5-17(20)24/h3-11H,12H2,1-2H3,(H,26,29). The van der Waals surface area contributed by atoms with Crippen LogP contribution in [0.3, 0.4) is 0 Å². The quantitative estimate of drug-likeness (QED) is 0.475. The molecule has 30 heavy (non-hydrogen) atoms. The van der Waals surface area contributed by atoms with Gasteiger partial charge in [0.1, 0.15) is 28.7 Å². The van der Waals surface area contributed by atoms with Crippen molar-refractivity contribution in [3.05, 3.63) is 88.0 Å². The molecule has 2 aromatic carbocycles. The van der Waals surface area contributed by atoms with E-state index in [-0.39, 0.29) is 27.6 Å². The molecule has 2 aromatic heterocycles. The molecule has 0 radical (unpaired) electrons. The maximum atomic E-state index is 14.4. The number of nitrogens with one attached hydrogen (secondary N) is 1. The van der Waals surface area contributed by atoms with Crippen molar-refractivity contribution in [1.82, 2.24) is 14.9 Å². The van der Waals surface area contributed by atoms with E-state index in [1.54, 1.807) is 23.9 Å². The zero-order chi connectivity index (χ0) is 21.3. The molecule has 0 aliphatic heterocycles. The van der Waals surface area contributed by atoms with Crippen molar-refractivity contribution in [2.45, 2.75) is 20.4 Å². The van der Waals surface area contributed by atoms with Crippen molar-refractivity contribution in [2.75, 3.05) is 5.32 Å². The van der Waals surface area contributed by atoms with Crippen LogP contribution in [-0.4, -0.2) is 20.8 Å². The van der Waals surface area contributed by atoms with Crippen molar-refractivity contribution >= 4 is 23.3 Å². The van der Waals surface area contributed by atoms with Gasteiger partial charge in [-0.15, -0.1) is 0 Å². The molecule has 0 saturated carbocycles. The third kappa shape index (κ3) is 3.84. The SMILES string of the molecule is Cc1ccc(Cn2nccc2NC(=O)c2c(-c3c(F)cccc3Cl)noc2C)cc1.